The first-order valence-corrected chi connectivity index (χ1v) is 7.80. The second-order valence-electron chi connectivity index (χ2n) is 5.87. The quantitative estimate of drug-likeness (QED) is 0.717. The van der Waals surface area contributed by atoms with Crippen molar-refractivity contribution in [3.63, 3.8) is 0 Å². The molecule has 106 valence electrons. The molecule has 21 heavy (non-hydrogen) atoms. The molecule has 2 nitrogen and oxygen atoms in total. The average molecular weight is 276 g/mol. The lowest BCUT2D eigenvalue weighted by Crippen LogP contribution is -2.28. The summed E-state index contributed by atoms with van der Waals surface area (Å²) in [5.74, 6) is 0.602. The Morgan fingerprint density at radius 3 is 2.52 bits per heavy atom. The highest BCUT2D eigenvalue weighted by Gasteiger charge is 2.23. The van der Waals surface area contributed by atoms with Crippen molar-refractivity contribution in [2.24, 2.45) is 0 Å². The van der Waals surface area contributed by atoms with Crippen LogP contribution >= 0.6 is 0 Å². The zero-order chi connectivity index (χ0) is 14.1. The van der Waals surface area contributed by atoms with Crippen molar-refractivity contribution in [2.45, 2.75) is 18.8 Å². The summed E-state index contributed by atoms with van der Waals surface area (Å²) in [5.41, 5.74) is 5.32. The molecule has 0 bridgehead atoms. The molecule has 1 atom stereocenters. The van der Waals surface area contributed by atoms with Crippen LogP contribution in [0.1, 0.15) is 24.3 Å². The predicted octanol–water partition coefficient (Wildman–Crippen LogP) is 4.30. The SMILES string of the molecule is c1ccc(-c2[nH]c3ccccc3c2C2CCCNC2)cc1. The van der Waals surface area contributed by atoms with E-state index < -0.39 is 0 Å². The van der Waals surface area contributed by atoms with Gasteiger partial charge in [0.2, 0.25) is 0 Å². The minimum Gasteiger partial charge on any atom is -0.354 e. The fraction of sp³-hybridized carbons (Fsp3) is 0.263. The van der Waals surface area contributed by atoms with Gasteiger partial charge in [0.15, 0.2) is 0 Å². The summed E-state index contributed by atoms with van der Waals surface area (Å²) in [7, 11) is 0. The van der Waals surface area contributed by atoms with Crippen molar-refractivity contribution in [2.75, 3.05) is 13.1 Å². The lowest BCUT2D eigenvalue weighted by atomic mass is 9.88. The second kappa shape index (κ2) is 5.38. The zero-order valence-electron chi connectivity index (χ0n) is 12.1. The molecule has 1 aliphatic heterocycles. The van der Waals surface area contributed by atoms with Crippen LogP contribution in [-0.4, -0.2) is 18.1 Å². The van der Waals surface area contributed by atoms with Crippen molar-refractivity contribution < 1.29 is 0 Å². The maximum Gasteiger partial charge on any atom is 0.0500 e. The van der Waals surface area contributed by atoms with E-state index in [1.165, 1.54) is 40.6 Å². The van der Waals surface area contributed by atoms with Gasteiger partial charge in [-0.15, -0.1) is 0 Å². The summed E-state index contributed by atoms with van der Waals surface area (Å²) in [6.07, 6.45) is 2.53. The van der Waals surface area contributed by atoms with Crippen molar-refractivity contribution in [3.8, 4) is 11.3 Å². The number of para-hydroxylation sites is 1. The molecule has 0 saturated carbocycles. The number of nitrogens with one attached hydrogen (secondary N) is 2. The first kappa shape index (κ1) is 12.7. The summed E-state index contributed by atoms with van der Waals surface area (Å²) in [6.45, 7) is 2.24. The molecular formula is C19H20N2. The van der Waals surface area contributed by atoms with Gasteiger partial charge in [-0.1, -0.05) is 48.5 Å². The lowest BCUT2D eigenvalue weighted by molar-refractivity contribution is 0.464. The van der Waals surface area contributed by atoms with Gasteiger partial charge < -0.3 is 10.3 Å². The molecule has 2 heteroatoms. The fourth-order valence-electron chi connectivity index (χ4n) is 3.52. The Hall–Kier alpha value is -2.06. The van der Waals surface area contributed by atoms with Gasteiger partial charge in [-0.3, -0.25) is 0 Å². The number of benzene rings is 2. The summed E-state index contributed by atoms with van der Waals surface area (Å²) in [4.78, 5) is 3.65. The molecule has 1 aliphatic rings. The van der Waals surface area contributed by atoms with Crippen molar-refractivity contribution in [1.29, 1.82) is 0 Å². The largest absolute Gasteiger partial charge is 0.354 e. The third-order valence-corrected chi connectivity index (χ3v) is 4.51. The Kier molecular flexibility index (Phi) is 3.24. The number of rotatable bonds is 2. The van der Waals surface area contributed by atoms with Crippen molar-refractivity contribution >= 4 is 10.9 Å². The Balaban J connectivity index is 1.92. The average Bonchev–Trinajstić information content (AvgIpc) is 2.96. The van der Waals surface area contributed by atoms with Crippen LogP contribution < -0.4 is 5.32 Å². The molecule has 1 saturated heterocycles. The van der Waals surface area contributed by atoms with Crippen LogP contribution in [0.15, 0.2) is 54.6 Å². The summed E-state index contributed by atoms with van der Waals surface area (Å²) >= 11 is 0. The normalized spacial score (nSPS) is 19.0. The van der Waals surface area contributed by atoms with Crippen LogP contribution in [0.3, 0.4) is 0 Å². The molecule has 2 heterocycles. The van der Waals surface area contributed by atoms with Gasteiger partial charge in [-0.25, -0.2) is 0 Å². The van der Waals surface area contributed by atoms with E-state index in [0.717, 1.165) is 13.1 Å². The maximum absolute atomic E-state index is 3.65. The van der Waals surface area contributed by atoms with E-state index in [9.17, 15) is 0 Å². The molecule has 1 unspecified atom stereocenters. The van der Waals surface area contributed by atoms with E-state index in [-0.39, 0.29) is 0 Å². The second-order valence-corrected chi connectivity index (χ2v) is 5.87. The third kappa shape index (κ3) is 2.26. The van der Waals surface area contributed by atoms with Crippen LogP contribution in [0, 0.1) is 0 Å². The maximum atomic E-state index is 3.65. The number of fused-ring (bicyclic) bond motifs is 1. The molecule has 1 aromatic heterocycles. The molecule has 2 N–H and O–H groups in total. The Bertz CT molecular complexity index is 737. The number of H-pyrrole nitrogens is 1. The summed E-state index contributed by atoms with van der Waals surface area (Å²) < 4.78 is 0. The van der Waals surface area contributed by atoms with Gasteiger partial charge in [0.25, 0.3) is 0 Å². The van der Waals surface area contributed by atoms with Crippen LogP contribution in [0.4, 0.5) is 0 Å². The van der Waals surface area contributed by atoms with Gasteiger partial charge in [0.05, 0.1) is 5.69 Å². The molecule has 0 spiro atoms. The molecule has 2 aromatic carbocycles. The number of aromatic nitrogens is 1. The Morgan fingerprint density at radius 2 is 1.71 bits per heavy atom. The minimum absolute atomic E-state index is 0.602. The monoisotopic (exact) mass is 276 g/mol. The van der Waals surface area contributed by atoms with Crippen LogP contribution in [0.5, 0.6) is 0 Å². The smallest absolute Gasteiger partial charge is 0.0500 e. The number of hydrogen-bond acceptors (Lipinski definition) is 1. The van der Waals surface area contributed by atoms with E-state index in [0.29, 0.717) is 5.92 Å². The predicted molar refractivity (Wildman–Crippen MR) is 88.6 cm³/mol. The van der Waals surface area contributed by atoms with E-state index in [4.69, 9.17) is 0 Å². The summed E-state index contributed by atoms with van der Waals surface area (Å²) in [5, 5.41) is 4.93. The molecule has 0 aliphatic carbocycles. The first-order valence-electron chi connectivity index (χ1n) is 7.80. The zero-order valence-corrected chi connectivity index (χ0v) is 12.1. The van der Waals surface area contributed by atoms with Crippen molar-refractivity contribution in [3.05, 3.63) is 60.2 Å². The van der Waals surface area contributed by atoms with Crippen LogP contribution in [0.25, 0.3) is 22.2 Å². The molecule has 0 amide bonds. The van der Waals surface area contributed by atoms with Crippen LogP contribution in [0.2, 0.25) is 0 Å². The van der Waals surface area contributed by atoms with Gasteiger partial charge in [-0.05, 0) is 42.5 Å². The van der Waals surface area contributed by atoms with Gasteiger partial charge >= 0.3 is 0 Å². The molecular weight excluding hydrogens is 256 g/mol. The molecule has 4 rings (SSSR count). The van der Waals surface area contributed by atoms with Gasteiger partial charge in [0, 0.05) is 17.4 Å². The molecule has 0 radical (unpaired) electrons. The topological polar surface area (TPSA) is 27.8 Å². The van der Waals surface area contributed by atoms with E-state index in [2.05, 4.69) is 64.9 Å². The first-order chi connectivity index (χ1) is 10.4. The Labute approximate surface area is 125 Å². The van der Waals surface area contributed by atoms with E-state index >= 15 is 0 Å². The molecule has 1 fully saturated rings. The van der Waals surface area contributed by atoms with E-state index in [1.807, 2.05) is 0 Å². The lowest BCUT2D eigenvalue weighted by Gasteiger charge is -2.24. The highest BCUT2D eigenvalue weighted by molar-refractivity contribution is 5.91. The number of hydrogen-bond donors (Lipinski definition) is 2. The highest BCUT2D eigenvalue weighted by Crippen LogP contribution is 2.37. The van der Waals surface area contributed by atoms with Gasteiger partial charge in [-0.2, -0.15) is 0 Å². The minimum atomic E-state index is 0.602. The van der Waals surface area contributed by atoms with Crippen molar-refractivity contribution in [1.82, 2.24) is 10.3 Å². The highest BCUT2D eigenvalue weighted by atomic mass is 14.9. The number of aromatic amines is 1. The van der Waals surface area contributed by atoms with Crippen LogP contribution in [-0.2, 0) is 0 Å². The third-order valence-electron chi connectivity index (χ3n) is 4.51. The molecule has 3 aromatic rings. The summed E-state index contributed by atoms with van der Waals surface area (Å²) in [6, 6.07) is 19.4. The fourth-order valence-corrected chi connectivity index (χ4v) is 3.52. The number of piperidine rings is 1. The standard InChI is InChI=1S/C19H20N2/c1-2-7-14(8-3-1)19-18(15-9-6-12-20-13-15)16-10-4-5-11-17(16)21-19/h1-5,7-8,10-11,15,20-21H,6,9,12-13H2. The Morgan fingerprint density at radius 1 is 0.905 bits per heavy atom. The van der Waals surface area contributed by atoms with E-state index in [1.54, 1.807) is 0 Å². The van der Waals surface area contributed by atoms with Gasteiger partial charge in [0.1, 0.15) is 0 Å².